The van der Waals surface area contributed by atoms with E-state index in [0.29, 0.717) is 12.5 Å². The van der Waals surface area contributed by atoms with Gasteiger partial charge < -0.3 is 10.1 Å². The lowest BCUT2D eigenvalue weighted by atomic mass is 10.0. The highest BCUT2D eigenvalue weighted by Crippen LogP contribution is 2.28. The summed E-state index contributed by atoms with van der Waals surface area (Å²) in [5.74, 6) is 1.91. The molecule has 0 spiro atoms. The molecule has 26 heavy (non-hydrogen) atoms. The number of benzene rings is 2. The fraction of sp³-hybridized carbons (Fsp3) is 0.409. The van der Waals surface area contributed by atoms with Gasteiger partial charge in [0.2, 0.25) is 0 Å². The molecule has 2 aromatic rings. The van der Waals surface area contributed by atoms with Crippen LogP contribution in [0.25, 0.3) is 0 Å². The molecule has 1 N–H and O–H groups in total. The zero-order valence-corrected chi connectivity index (χ0v) is 17.2. The molecule has 0 radical (unpaired) electrons. The average molecular weight is 372 g/mol. The summed E-state index contributed by atoms with van der Waals surface area (Å²) in [4.78, 5) is 13.5. The molecule has 0 bridgehead atoms. The quantitative estimate of drug-likeness (QED) is 0.518. The van der Waals surface area contributed by atoms with Crippen molar-refractivity contribution in [2.45, 2.75) is 51.5 Å². The molecule has 3 nitrogen and oxygen atoms in total. The standard InChI is InChI=1S/C22H29NO2S/c1-15(2)20-11-8-17(4)14-21(20)25-18(5)22(24)23-12-13-26-19-9-6-16(3)7-10-19/h6-11,14-15,18H,12-13H2,1-5H3,(H,23,24)/t18-/m0/s1. The van der Waals surface area contributed by atoms with Crippen molar-refractivity contribution in [1.29, 1.82) is 0 Å². The summed E-state index contributed by atoms with van der Waals surface area (Å²) in [6.07, 6.45) is -0.515. The van der Waals surface area contributed by atoms with E-state index >= 15 is 0 Å². The minimum Gasteiger partial charge on any atom is -0.481 e. The van der Waals surface area contributed by atoms with Crippen molar-refractivity contribution in [1.82, 2.24) is 5.32 Å². The first-order valence-corrected chi connectivity index (χ1v) is 10.1. The van der Waals surface area contributed by atoms with E-state index in [0.717, 1.165) is 22.6 Å². The molecule has 0 saturated heterocycles. The first-order valence-electron chi connectivity index (χ1n) is 9.11. The Hall–Kier alpha value is -1.94. The van der Waals surface area contributed by atoms with Gasteiger partial charge in [-0.05, 0) is 56.0 Å². The Morgan fingerprint density at radius 3 is 2.35 bits per heavy atom. The second-order valence-corrected chi connectivity index (χ2v) is 8.08. The molecular formula is C22H29NO2S. The zero-order chi connectivity index (χ0) is 19.1. The number of carbonyl (C=O) groups excluding carboxylic acids is 1. The lowest BCUT2D eigenvalue weighted by Crippen LogP contribution is -2.37. The minimum absolute atomic E-state index is 0.0780. The van der Waals surface area contributed by atoms with E-state index in [1.165, 1.54) is 10.5 Å². The Labute approximate surface area is 161 Å². The summed E-state index contributed by atoms with van der Waals surface area (Å²) in [7, 11) is 0. The van der Waals surface area contributed by atoms with Gasteiger partial charge >= 0.3 is 0 Å². The van der Waals surface area contributed by atoms with Gasteiger partial charge in [0.1, 0.15) is 5.75 Å². The molecule has 0 aliphatic heterocycles. The summed E-state index contributed by atoms with van der Waals surface area (Å²) < 4.78 is 5.96. The number of hydrogen-bond donors (Lipinski definition) is 1. The number of nitrogens with one attached hydrogen (secondary N) is 1. The number of amides is 1. The Bertz CT molecular complexity index is 725. The summed E-state index contributed by atoms with van der Waals surface area (Å²) in [6.45, 7) is 10.8. The van der Waals surface area contributed by atoms with E-state index in [1.54, 1.807) is 18.7 Å². The fourth-order valence-electron chi connectivity index (χ4n) is 2.59. The number of thioether (sulfide) groups is 1. The molecule has 1 amide bonds. The van der Waals surface area contributed by atoms with Gasteiger partial charge in [-0.2, -0.15) is 0 Å². The third-order valence-corrected chi connectivity index (χ3v) is 5.17. The number of carbonyl (C=O) groups is 1. The van der Waals surface area contributed by atoms with E-state index in [1.807, 2.05) is 13.0 Å². The Balaban J connectivity index is 1.82. The smallest absolute Gasteiger partial charge is 0.260 e. The minimum atomic E-state index is -0.515. The maximum absolute atomic E-state index is 12.3. The van der Waals surface area contributed by atoms with E-state index in [2.05, 4.69) is 62.5 Å². The predicted molar refractivity (Wildman–Crippen MR) is 110 cm³/mol. The Morgan fingerprint density at radius 1 is 1.04 bits per heavy atom. The molecule has 2 aromatic carbocycles. The molecule has 0 aliphatic rings. The van der Waals surface area contributed by atoms with Crippen LogP contribution >= 0.6 is 11.8 Å². The first-order chi connectivity index (χ1) is 12.4. The fourth-order valence-corrected chi connectivity index (χ4v) is 3.35. The van der Waals surface area contributed by atoms with Crippen LogP contribution < -0.4 is 10.1 Å². The molecular weight excluding hydrogens is 342 g/mol. The van der Waals surface area contributed by atoms with Crippen LogP contribution in [0.2, 0.25) is 0 Å². The lowest BCUT2D eigenvalue weighted by Gasteiger charge is -2.19. The van der Waals surface area contributed by atoms with Crippen molar-refractivity contribution in [3.05, 3.63) is 59.2 Å². The topological polar surface area (TPSA) is 38.3 Å². The molecule has 0 unspecified atom stereocenters. The van der Waals surface area contributed by atoms with Gasteiger partial charge in [-0.15, -0.1) is 11.8 Å². The van der Waals surface area contributed by atoms with Crippen LogP contribution in [0, 0.1) is 13.8 Å². The maximum atomic E-state index is 12.3. The van der Waals surface area contributed by atoms with Crippen molar-refractivity contribution >= 4 is 17.7 Å². The normalized spacial score (nSPS) is 12.1. The lowest BCUT2D eigenvalue weighted by molar-refractivity contribution is -0.127. The average Bonchev–Trinajstić information content (AvgIpc) is 2.59. The SMILES string of the molecule is Cc1ccc(SCCNC(=O)[C@H](C)Oc2cc(C)ccc2C(C)C)cc1. The van der Waals surface area contributed by atoms with Gasteiger partial charge in [0, 0.05) is 17.2 Å². The second kappa shape index (κ2) is 9.67. The molecule has 4 heteroatoms. The third kappa shape index (κ3) is 6.10. The molecule has 0 saturated carbocycles. The van der Waals surface area contributed by atoms with Crippen molar-refractivity contribution in [3.8, 4) is 5.75 Å². The van der Waals surface area contributed by atoms with Gasteiger partial charge in [-0.25, -0.2) is 0 Å². The van der Waals surface area contributed by atoms with E-state index in [9.17, 15) is 4.79 Å². The van der Waals surface area contributed by atoms with Crippen molar-refractivity contribution < 1.29 is 9.53 Å². The number of rotatable bonds is 8. The highest BCUT2D eigenvalue weighted by molar-refractivity contribution is 7.99. The molecule has 140 valence electrons. The molecule has 1 atom stereocenters. The molecule has 0 aliphatic carbocycles. The van der Waals surface area contributed by atoms with Gasteiger partial charge in [-0.3, -0.25) is 4.79 Å². The second-order valence-electron chi connectivity index (χ2n) is 6.91. The van der Waals surface area contributed by atoms with Crippen molar-refractivity contribution in [2.75, 3.05) is 12.3 Å². The largest absolute Gasteiger partial charge is 0.481 e. The van der Waals surface area contributed by atoms with E-state index < -0.39 is 6.10 Å². The van der Waals surface area contributed by atoms with Crippen LogP contribution in [-0.4, -0.2) is 24.3 Å². The molecule has 0 fully saturated rings. The summed E-state index contributed by atoms with van der Waals surface area (Å²) in [6, 6.07) is 14.6. The summed E-state index contributed by atoms with van der Waals surface area (Å²) >= 11 is 1.74. The first kappa shape index (κ1) is 20.4. The van der Waals surface area contributed by atoms with Crippen LogP contribution in [0.4, 0.5) is 0 Å². The summed E-state index contributed by atoms with van der Waals surface area (Å²) in [5.41, 5.74) is 3.52. The molecule has 2 rings (SSSR count). The van der Waals surface area contributed by atoms with Crippen LogP contribution in [-0.2, 0) is 4.79 Å². The number of aryl methyl sites for hydroxylation is 2. The van der Waals surface area contributed by atoms with Gasteiger partial charge in [0.15, 0.2) is 6.10 Å². The van der Waals surface area contributed by atoms with Gasteiger partial charge in [-0.1, -0.05) is 43.7 Å². The number of ether oxygens (including phenoxy) is 1. The zero-order valence-electron chi connectivity index (χ0n) is 16.3. The van der Waals surface area contributed by atoms with Crippen molar-refractivity contribution in [2.24, 2.45) is 0 Å². The van der Waals surface area contributed by atoms with Gasteiger partial charge in [0.05, 0.1) is 0 Å². The van der Waals surface area contributed by atoms with Gasteiger partial charge in [0.25, 0.3) is 5.91 Å². The maximum Gasteiger partial charge on any atom is 0.260 e. The number of hydrogen-bond acceptors (Lipinski definition) is 3. The Morgan fingerprint density at radius 2 is 1.69 bits per heavy atom. The predicted octanol–water partition coefficient (Wildman–Crippen LogP) is 5.10. The monoisotopic (exact) mass is 371 g/mol. The van der Waals surface area contributed by atoms with Crippen LogP contribution in [0.5, 0.6) is 5.75 Å². The molecule has 0 aromatic heterocycles. The highest BCUT2D eigenvalue weighted by Gasteiger charge is 2.17. The van der Waals surface area contributed by atoms with E-state index in [4.69, 9.17) is 4.74 Å². The summed E-state index contributed by atoms with van der Waals surface area (Å²) in [5, 5.41) is 2.96. The molecule has 0 heterocycles. The third-order valence-electron chi connectivity index (χ3n) is 4.16. The highest BCUT2D eigenvalue weighted by atomic mass is 32.2. The van der Waals surface area contributed by atoms with Crippen LogP contribution in [0.15, 0.2) is 47.4 Å². The van der Waals surface area contributed by atoms with Crippen molar-refractivity contribution in [3.63, 3.8) is 0 Å². The van der Waals surface area contributed by atoms with E-state index in [-0.39, 0.29) is 5.91 Å². The van der Waals surface area contributed by atoms with Crippen LogP contribution in [0.3, 0.4) is 0 Å². The Kier molecular flexibility index (Phi) is 7.58. The van der Waals surface area contributed by atoms with Crippen LogP contribution in [0.1, 0.15) is 43.4 Å².